The highest BCUT2D eigenvalue weighted by Gasteiger charge is 2.34. The predicted molar refractivity (Wildman–Crippen MR) is 93.2 cm³/mol. The van der Waals surface area contributed by atoms with E-state index >= 15 is 0 Å². The van der Waals surface area contributed by atoms with E-state index in [9.17, 15) is 14.4 Å². The minimum absolute atomic E-state index is 0.0625. The summed E-state index contributed by atoms with van der Waals surface area (Å²) < 4.78 is 1.97. The predicted octanol–water partition coefficient (Wildman–Crippen LogP) is 1.76. The molecule has 6 nitrogen and oxygen atoms in total. The van der Waals surface area contributed by atoms with Gasteiger partial charge in [-0.1, -0.05) is 12.1 Å². The van der Waals surface area contributed by atoms with Gasteiger partial charge in [0.25, 0.3) is 11.8 Å². The van der Waals surface area contributed by atoms with Crippen LogP contribution in [0.25, 0.3) is 0 Å². The van der Waals surface area contributed by atoms with Gasteiger partial charge < -0.3 is 9.88 Å². The highest BCUT2D eigenvalue weighted by Crippen LogP contribution is 2.22. The molecule has 1 aliphatic heterocycles. The number of imide groups is 1. The van der Waals surface area contributed by atoms with E-state index in [-0.39, 0.29) is 24.3 Å². The van der Waals surface area contributed by atoms with Crippen LogP contribution >= 0.6 is 0 Å². The average molecular weight is 339 g/mol. The first-order valence-corrected chi connectivity index (χ1v) is 8.39. The Labute approximate surface area is 146 Å². The van der Waals surface area contributed by atoms with Crippen LogP contribution < -0.4 is 5.32 Å². The van der Waals surface area contributed by atoms with E-state index in [4.69, 9.17) is 0 Å². The minimum Gasteiger partial charge on any atom is -0.357 e. The highest BCUT2D eigenvalue weighted by molar-refractivity contribution is 6.21. The van der Waals surface area contributed by atoms with E-state index < -0.39 is 0 Å². The number of carbonyl (C=O) groups excluding carboxylic acids is 3. The Morgan fingerprint density at radius 2 is 1.76 bits per heavy atom. The molecule has 1 aromatic carbocycles. The van der Waals surface area contributed by atoms with E-state index in [1.807, 2.05) is 30.1 Å². The zero-order valence-electron chi connectivity index (χ0n) is 14.2. The van der Waals surface area contributed by atoms with Gasteiger partial charge >= 0.3 is 0 Å². The molecule has 1 N–H and O–H groups in total. The molecule has 2 heterocycles. The summed E-state index contributed by atoms with van der Waals surface area (Å²) in [7, 11) is 1.96. The Morgan fingerprint density at radius 3 is 2.36 bits per heavy atom. The molecule has 0 aliphatic carbocycles. The molecule has 0 saturated heterocycles. The molecule has 0 atom stereocenters. The third kappa shape index (κ3) is 3.79. The van der Waals surface area contributed by atoms with Crippen LogP contribution in [0.1, 0.15) is 39.1 Å². The number of nitrogens with one attached hydrogen (secondary N) is 1. The van der Waals surface area contributed by atoms with Crippen LogP contribution in [0.3, 0.4) is 0 Å². The molecular formula is C19H21N3O3. The first kappa shape index (κ1) is 17.0. The maximum atomic E-state index is 12.2. The van der Waals surface area contributed by atoms with E-state index in [0.29, 0.717) is 30.5 Å². The number of hydrogen-bond acceptors (Lipinski definition) is 3. The number of hydrogen-bond donors (Lipinski definition) is 1. The summed E-state index contributed by atoms with van der Waals surface area (Å²) in [6.07, 6.45) is 5.53. The van der Waals surface area contributed by atoms with E-state index in [2.05, 4.69) is 5.32 Å². The summed E-state index contributed by atoms with van der Waals surface area (Å²) in [4.78, 5) is 37.5. The van der Waals surface area contributed by atoms with Crippen LogP contribution in [0.2, 0.25) is 0 Å². The molecule has 3 amide bonds. The molecule has 0 saturated carbocycles. The van der Waals surface area contributed by atoms with Crippen LogP contribution in [0.15, 0.2) is 42.7 Å². The molecule has 0 unspecified atom stereocenters. The van der Waals surface area contributed by atoms with Crippen molar-refractivity contribution in [2.24, 2.45) is 7.05 Å². The van der Waals surface area contributed by atoms with Crippen LogP contribution in [0.5, 0.6) is 0 Å². The number of amides is 3. The lowest BCUT2D eigenvalue weighted by Gasteiger charge is -2.13. The van der Waals surface area contributed by atoms with Gasteiger partial charge in [-0.15, -0.1) is 0 Å². The molecule has 0 fully saturated rings. The first-order valence-electron chi connectivity index (χ1n) is 8.39. The third-order valence-corrected chi connectivity index (χ3v) is 4.29. The average Bonchev–Trinajstić information content (AvgIpc) is 3.12. The summed E-state index contributed by atoms with van der Waals surface area (Å²) in [6, 6.07) is 8.83. The van der Waals surface area contributed by atoms with Gasteiger partial charge in [0.1, 0.15) is 0 Å². The topological polar surface area (TPSA) is 71.4 Å². The number of benzene rings is 1. The van der Waals surface area contributed by atoms with Crippen molar-refractivity contribution in [3.8, 4) is 0 Å². The smallest absolute Gasteiger partial charge is 0.261 e. The Balaban J connectivity index is 1.40. The van der Waals surface area contributed by atoms with Gasteiger partial charge in [-0.05, 0) is 36.6 Å². The van der Waals surface area contributed by atoms with Crippen LogP contribution in [-0.4, -0.2) is 40.3 Å². The summed E-state index contributed by atoms with van der Waals surface area (Å²) in [6.45, 7) is 0.842. The molecule has 0 radical (unpaired) electrons. The molecule has 1 aromatic heterocycles. The minimum atomic E-state index is -0.273. The molecule has 130 valence electrons. The van der Waals surface area contributed by atoms with Gasteiger partial charge in [0.2, 0.25) is 5.91 Å². The highest BCUT2D eigenvalue weighted by atomic mass is 16.2. The molecule has 25 heavy (non-hydrogen) atoms. The Hall–Kier alpha value is -2.89. The van der Waals surface area contributed by atoms with Gasteiger partial charge in [0.05, 0.1) is 11.1 Å². The Bertz CT molecular complexity index is 775. The second-order valence-electron chi connectivity index (χ2n) is 6.20. The van der Waals surface area contributed by atoms with Crippen LogP contribution in [0, 0.1) is 0 Å². The fourth-order valence-corrected chi connectivity index (χ4v) is 2.98. The van der Waals surface area contributed by atoms with Crippen molar-refractivity contribution in [2.45, 2.75) is 19.3 Å². The fourth-order valence-electron chi connectivity index (χ4n) is 2.98. The lowest BCUT2D eigenvalue weighted by Crippen LogP contribution is -2.32. The maximum absolute atomic E-state index is 12.2. The quantitative estimate of drug-likeness (QED) is 0.782. The molecule has 0 spiro atoms. The zero-order chi connectivity index (χ0) is 17.8. The number of carbonyl (C=O) groups is 3. The molecule has 2 aromatic rings. The number of aromatic nitrogens is 1. The van der Waals surface area contributed by atoms with Crippen LogP contribution in [0.4, 0.5) is 0 Å². The molecule has 3 rings (SSSR count). The SMILES string of the molecule is Cn1ccc(CCNC(=O)CCCN2C(=O)c3ccccc3C2=O)c1. The lowest BCUT2D eigenvalue weighted by molar-refractivity contribution is -0.121. The molecule has 0 bridgehead atoms. The Morgan fingerprint density at radius 1 is 1.08 bits per heavy atom. The molecule has 1 aliphatic rings. The van der Waals surface area contributed by atoms with Crippen molar-refractivity contribution in [2.75, 3.05) is 13.1 Å². The summed E-state index contributed by atoms with van der Waals surface area (Å²) in [5, 5.41) is 2.87. The van der Waals surface area contributed by atoms with Crippen molar-refractivity contribution < 1.29 is 14.4 Å². The monoisotopic (exact) mass is 339 g/mol. The third-order valence-electron chi connectivity index (χ3n) is 4.29. The number of aryl methyl sites for hydroxylation is 1. The molecule has 6 heteroatoms. The second kappa shape index (κ2) is 7.34. The van der Waals surface area contributed by atoms with Crippen molar-refractivity contribution in [1.29, 1.82) is 0 Å². The van der Waals surface area contributed by atoms with Crippen molar-refractivity contribution >= 4 is 17.7 Å². The van der Waals surface area contributed by atoms with E-state index in [1.54, 1.807) is 24.3 Å². The fraction of sp³-hybridized carbons (Fsp3) is 0.316. The van der Waals surface area contributed by atoms with Gasteiger partial charge in [0.15, 0.2) is 0 Å². The number of rotatable bonds is 7. The summed E-state index contributed by atoms with van der Waals surface area (Å²) in [5.74, 6) is -0.609. The van der Waals surface area contributed by atoms with Gasteiger partial charge in [0, 0.05) is 39.0 Å². The summed E-state index contributed by atoms with van der Waals surface area (Å²) >= 11 is 0. The maximum Gasteiger partial charge on any atom is 0.261 e. The lowest BCUT2D eigenvalue weighted by atomic mass is 10.1. The van der Waals surface area contributed by atoms with Crippen molar-refractivity contribution in [3.05, 3.63) is 59.4 Å². The standard InChI is InChI=1S/C19H21N3O3/c1-21-12-9-14(13-21)8-10-20-17(23)7-4-11-22-18(24)15-5-2-3-6-16(15)19(22)25/h2-3,5-6,9,12-13H,4,7-8,10-11H2,1H3,(H,20,23). The van der Waals surface area contributed by atoms with Crippen molar-refractivity contribution in [1.82, 2.24) is 14.8 Å². The zero-order valence-corrected chi connectivity index (χ0v) is 14.2. The van der Waals surface area contributed by atoms with Crippen LogP contribution in [-0.2, 0) is 18.3 Å². The second-order valence-corrected chi connectivity index (χ2v) is 6.20. The summed E-state index contributed by atoms with van der Waals surface area (Å²) in [5.41, 5.74) is 2.06. The molecular weight excluding hydrogens is 318 g/mol. The van der Waals surface area contributed by atoms with Gasteiger partial charge in [-0.25, -0.2) is 0 Å². The Kier molecular flexibility index (Phi) is 4.97. The number of fused-ring (bicyclic) bond motifs is 1. The van der Waals surface area contributed by atoms with Gasteiger partial charge in [-0.2, -0.15) is 0 Å². The normalized spacial score (nSPS) is 13.2. The van der Waals surface area contributed by atoms with Gasteiger partial charge in [-0.3, -0.25) is 19.3 Å². The van der Waals surface area contributed by atoms with Crippen molar-refractivity contribution in [3.63, 3.8) is 0 Å². The largest absolute Gasteiger partial charge is 0.357 e. The first-order chi connectivity index (χ1) is 12.1. The number of nitrogens with zero attached hydrogens (tertiary/aromatic N) is 2. The van der Waals surface area contributed by atoms with E-state index in [1.165, 1.54) is 10.5 Å². The van der Waals surface area contributed by atoms with E-state index in [0.717, 1.165) is 6.42 Å².